The normalized spacial score (nSPS) is 45.0. The van der Waals surface area contributed by atoms with E-state index in [0.717, 1.165) is 14.5 Å². The monoisotopic (exact) mass is 746 g/mol. The first kappa shape index (κ1) is 30.7. The van der Waals surface area contributed by atoms with Gasteiger partial charge in [0.25, 0.3) is 0 Å². The molecule has 0 aromatic carbocycles. The van der Waals surface area contributed by atoms with E-state index in [1.807, 2.05) is 20.8 Å². The van der Waals surface area contributed by atoms with Crippen LogP contribution in [0.15, 0.2) is 55.2 Å². The molecule has 3 aliphatic carbocycles. The molecule has 0 unspecified atom stereocenters. The number of methoxy groups -OCH3 is 1. The standard InChI is InChI=1S/C30H37Br3O7/c1-12-9-13(2)30-17(10-21(37-6)16(5)38-26(12)15(4)34)7-8-18-22(30)25(35)14(3)27(28(18)40-30)39-29(36)19-11-20(31)24(33)23(19)32/h7-9,12,14-15,17-18,21-22,25-28,34-35H,5,10-11H2,1-4,6H3/b13-9+/t12-,14-,15-,17-,18-,21+,22+,25-,26+,27-,28-,30+/m1/s1. The lowest BCUT2D eigenvalue weighted by atomic mass is 9.57. The van der Waals surface area contributed by atoms with Crippen LogP contribution in [0.2, 0.25) is 0 Å². The zero-order valence-corrected chi connectivity index (χ0v) is 28.0. The molecule has 12 atom stereocenters. The van der Waals surface area contributed by atoms with Crippen LogP contribution >= 0.6 is 47.8 Å². The fourth-order valence-corrected chi connectivity index (χ4v) is 9.20. The van der Waals surface area contributed by atoms with Crippen molar-refractivity contribution in [1.29, 1.82) is 0 Å². The van der Waals surface area contributed by atoms with Gasteiger partial charge in [0.15, 0.2) is 0 Å². The Morgan fingerprint density at radius 3 is 2.52 bits per heavy atom. The van der Waals surface area contributed by atoms with Crippen LogP contribution < -0.4 is 0 Å². The highest BCUT2D eigenvalue weighted by Gasteiger charge is 2.69. The van der Waals surface area contributed by atoms with Gasteiger partial charge in [0, 0.05) is 56.6 Å². The first-order chi connectivity index (χ1) is 18.8. The summed E-state index contributed by atoms with van der Waals surface area (Å²) >= 11 is 10.5. The van der Waals surface area contributed by atoms with Crippen LogP contribution in [0.4, 0.5) is 0 Å². The van der Waals surface area contributed by atoms with Gasteiger partial charge in [-0.3, -0.25) is 0 Å². The molecular weight excluding hydrogens is 712 g/mol. The summed E-state index contributed by atoms with van der Waals surface area (Å²) in [5, 5.41) is 22.4. The van der Waals surface area contributed by atoms with Crippen molar-refractivity contribution in [2.75, 3.05) is 7.11 Å². The second-order valence-electron chi connectivity index (χ2n) is 11.8. The van der Waals surface area contributed by atoms with Gasteiger partial charge in [0.05, 0.1) is 17.8 Å². The van der Waals surface area contributed by atoms with Gasteiger partial charge in [0.1, 0.15) is 35.8 Å². The van der Waals surface area contributed by atoms with Crippen LogP contribution in [0.1, 0.15) is 40.5 Å². The van der Waals surface area contributed by atoms with E-state index in [-0.39, 0.29) is 29.6 Å². The summed E-state index contributed by atoms with van der Waals surface area (Å²) in [5.41, 5.74) is 0.648. The van der Waals surface area contributed by atoms with Crippen molar-refractivity contribution in [2.45, 2.75) is 82.8 Å². The molecule has 1 spiro atoms. The molecule has 5 aliphatic rings. The minimum atomic E-state index is -0.842. The predicted molar refractivity (Wildman–Crippen MR) is 162 cm³/mol. The Balaban J connectivity index is 1.54. The van der Waals surface area contributed by atoms with E-state index in [0.29, 0.717) is 28.7 Å². The molecule has 10 heteroatoms. The third kappa shape index (κ3) is 4.77. The van der Waals surface area contributed by atoms with Gasteiger partial charge >= 0.3 is 5.97 Å². The highest BCUT2D eigenvalue weighted by atomic mass is 79.9. The zero-order chi connectivity index (χ0) is 29.3. The highest BCUT2D eigenvalue weighted by molar-refractivity contribution is 9.16. The average Bonchev–Trinajstić information content (AvgIpc) is 3.28. The summed E-state index contributed by atoms with van der Waals surface area (Å²) < 4.78 is 27.6. The lowest BCUT2D eigenvalue weighted by Crippen LogP contribution is -2.57. The van der Waals surface area contributed by atoms with Crippen molar-refractivity contribution < 1.29 is 34.0 Å². The Labute approximate surface area is 261 Å². The molecule has 7 nitrogen and oxygen atoms in total. The van der Waals surface area contributed by atoms with Crippen molar-refractivity contribution in [3.63, 3.8) is 0 Å². The maximum Gasteiger partial charge on any atom is 0.335 e. The molecule has 2 aliphatic heterocycles. The fraction of sp³-hybridized carbons (Fsp3) is 0.633. The highest BCUT2D eigenvalue weighted by Crippen LogP contribution is 2.61. The third-order valence-corrected chi connectivity index (χ3v) is 13.0. The lowest BCUT2D eigenvalue weighted by molar-refractivity contribution is -0.165. The second kappa shape index (κ2) is 11.4. The minimum absolute atomic E-state index is 0.132. The average molecular weight is 749 g/mol. The molecule has 2 heterocycles. The van der Waals surface area contributed by atoms with Crippen molar-refractivity contribution >= 4 is 53.8 Å². The van der Waals surface area contributed by atoms with E-state index in [1.54, 1.807) is 14.0 Å². The van der Waals surface area contributed by atoms with Gasteiger partial charge in [-0.15, -0.1) is 0 Å². The number of rotatable bonds is 4. The summed E-state index contributed by atoms with van der Waals surface area (Å²) in [6.45, 7) is 11.8. The van der Waals surface area contributed by atoms with Gasteiger partial charge in [0.2, 0.25) is 0 Å². The largest absolute Gasteiger partial charge is 0.489 e. The molecule has 40 heavy (non-hydrogen) atoms. The number of hydrogen-bond donors (Lipinski definition) is 2. The first-order valence-electron chi connectivity index (χ1n) is 13.8. The smallest absolute Gasteiger partial charge is 0.335 e. The van der Waals surface area contributed by atoms with Crippen LogP contribution in [-0.4, -0.2) is 65.5 Å². The van der Waals surface area contributed by atoms with Gasteiger partial charge in [-0.05, 0) is 57.7 Å². The van der Waals surface area contributed by atoms with E-state index >= 15 is 0 Å². The van der Waals surface area contributed by atoms with Gasteiger partial charge in [-0.1, -0.05) is 54.6 Å². The van der Waals surface area contributed by atoms with Gasteiger partial charge < -0.3 is 29.2 Å². The molecule has 4 bridgehead atoms. The summed E-state index contributed by atoms with van der Waals surface area (Å²) in [7, 11) is 1.62. The van der Waals surface area contributed by atoms with Crippen molar-refractivity contribution in [1.82, 2.24) is 0 Å². The molecular formula is C30H37Br3O7. The molecule has 0 aromatic heterocycles. The number of aliphatic hydroxyl groups excluding tert-OH is 2. The van der Waals surface area contributed by atoms with E-state index in [2.05, 4.69) is 72.6 Å². The van der Waals surface area contributed by atoms with Crippen LogP contribution in [-0.2, 0) is 23.7 Å². The Kier molecular flexibility index (Phi) is 8.74. The van der Waals surface area contributed by atoms with E-state index in [1.165, 1.54) is 0 Å². The Hall–Kier alpha value is -0.750. The van der Waals surface area contributed by atoms with Crippen LogP contribution in [0.25, 0.3) is 0 Å². The SMILES string of the molecule is C=C1O[C@H]([C@@H](C)O)[C@H](C)/C=C(\C)[C@]23O[C@@H]4[C@H](C=C[C@@H]2C[C@@H]1OC)[C@H]3[C@H](O)[C@@H](C)[C@H]4OC(=O)C1=C(Br)C(Br)=C(Br)C1. The molecule has 5 rings (SSSR count). The predicted octanol–water partition coefficient (Wildman–Crippen LogP) is 5.80. The summed E-state index contributed by atoms with van der Waals surface area (Å²) in [4.78, 5) is 13.4. The van der Waals surface area contributed by atoms with Gasteiger partial charge in [-0.2, -0.15) is 0 Å². The number of allylic oxidation sites excluding steroid dienone is 3. The van der Waals surface area contributed by atoms with Crippen LogP contribution in [0, 0.1) is 29.6 Å². The molecule has 1 saturated carbocycles. The molecule has 2 fully saturated rings. The number of carbonyl (C=O) groups is 1. The Morgan fingerprint density at radius 1 is 1.23 bits per heavy atom. The Bertz CT molecular complexity index is 1210. The molecule has 0 radical (unpaired) electrons. The van der Waals surface area contributed by atoms with Gasteiger partial charge in [-0.25, -0.2) is 4.79 Å². The number of esters is 1. The lowest BCUT2D eigenvalue weighted by Gasteiger charge is -2.49. The van der Waals surface area contributed by atoms with Crippen molar-refractivity contribution in [3.8, 4) is 0 Å². The number of halogens is 3. The molecule has 2 N–H and O–H groups in total. The quantitative estimate of drug-likeness (QED) is 0.278. The number of hydrogen-bond acceptors (Lipinski definition) is 7. The van der Waals surface area contributed by atoms with E-state index in [4.69, 9.17) is 18.9 Å². The van der Waals surface area contributed by atoms with Crippen molar-refractivity contribution in [2.24, 2.45) is 29.6 Å². The minimum Gasteiger partial charge on any atom is -0.489 e. The topological polar surface area (TPSA) is 94.5 Å². The van der Waals surface area contributed by atoms with Crippen LogP contribution in [0.5, 0.6) is 0 Å². The second-order valence-corrected chi connectivity index (χ2v) is 14.4. The first-order valence-corrected chi connectivity index (χ1v) is 16.1. The Morgan fingerprint density at radius 2 is 1.93 bits per heavy atom. The molecule has 0 aromatic rings. The summed E-state index contributed by atoms with van der Waals surface area (Å²) in [6, 6.07) is 0. The molecule has 220 valence electrons. The summed E-state index contributed by atoms with van der Waals surface area (Å²) in [6.07, 6.45) is 3.78. The van der Waals surface area contributed by atoms with Crippen molar-refractivity contribution in [3.05, 3.63) is 55.2 Å². The van der Waals surface area contributed by atoms with Crippen LogP contribution in [0.3, 0.4) is 0 Å². The van der Waals surface area contributed by atoms with E-state index < -0.39 is 48.2 Å². The maximum absolute atomic E-state index is 13.4. The number of aliphatic hydroxyl groups is 2. The third-order valence-electron chi connectivity index (χ3n) is 9.52. The maximum atomic E-state index is 13.4. The summed E-state index contributed by atoms with van der Waals surface area (Å²) in [5.74, 6) is -0.994. The number of carbonyl (C=O) groups excluding carboxylic acids is 1. The molecule has 0 amide bonds. The number of ether oxygens (including phenoxy) is 4. The molecule has 1 saturated heterocycles. The fourth-order valence-electron chi connectivity index (χ4n) is 7.53. The van der Waals surface area contributed by atoms with E-state index in [9.17, 15) is 15.0 Å². The zero-order valence-electron chi connectivity index (χ0n) is 23.3.